The van der Waals surface area contributed by atoms with Crippen LogP contribution in [0.5, 0.6) is 0 Å². The van der Waals surface area contributed by atoms with Gasteiger partial charge in [-0.1, -0.05) is 5.16 Å². The number of fused-ring (bicyclic) bond motifs is 1. The quantitative estimate of drug-likeness (QED) is 0.823. The summed E-state index contributed by atoms with van der Waals surface area (Å²) >= 11 is 0. The minimum absolute atomic E-state index is 0.0896. The maximum Gasteiger partial charge on any atom is 0.219 e. The molecule has 4 heterocycles. The molecule has 2 aromatic rings. The molecule has 0 aromatic carbocycles. The van der Waals surface area contributed by atoms with Gasteiger partial charge in [0.15, 0.2) is 0 Å². The fourth-order valence-electron chi connectivity index (χ4n) is 4.40. The maximum atomic E-state index is 5.93. The van der Waals surface area contributed by atoms with Gasteiger partial charge in [-0.25, -0.2) is 0 Å². The number of aromatic nitrogens is 3. The average molecular weight is 344 g/mol. The molecular weight excluding hydrogens is 320 g/mol. The standard InChI is InChI=1S/C18H24N4O3/c1-11-15(12(2)25-21-11)7-22-6-14-8-23-10-18(14,9-22)5-16-19-20-17(24-16)13-3-4-13/h13-14H,3-10H2,1-2H3/t14-,18+/m1/s1. The fourth-order valence-corrected chi connectivity index (χ4v) is 4.40. The lowest BCUT2D eigenvalue weighted by atomic mass is 9.78. The number of likely N-dealkylation sites (tertiary alicyclic amines) is 1. The predicted molar refractivity (Wildman–Crippen MR) is 88.0 cm³/mol. The van der Waals surface area contributed by atoms with Crippen molar-refractivity contribution >= 4 is 0 Å². The molecule has 2 aliphatic heterocycles. The van der Waals surface area contributed by atoms with Crippen LogP contribution >= 0.6 is 0 Å². The number of ether oxygens (including phenoxy) is 1. The first-order valence-electron chi connectivity index (χ1n) is 9.17. The van der Waals surface area contributed by atoms with E-state index in [1.165, 1.54) is 18.4 Å². The van der Waals surface area contributed by atoms with Crippen molar-refractivity contribution in [1.29, 1.82) is 0 Å². The van der Waals surface area contributed by atoms with Crippen LogP contribution in [0.1, 0.15) is 47.6 Å². The zero-order valence-corrected chi connectivity index (χ0v) is 14.8. The van der Waals surface area contributed by atoms with Crippen LogP contribution in [0.15, 0.2) is 8.94 Å². The molecule has 0 spiro atoms. The lowest BCUT2D eigenvalue weighted by Gasteiger charge is -2.25. The Bertz CT molecular complexity index is 762. The summed E-state index contributed by atoms with van der Waals surface area (Å²) in [6.45, 7) is 8.51. The Morgan fingerprint density at radius 2 is 2.12 bits per heavy atom. The van der Waals surface area contributed by atoms with E-state index >= 15 is 0 Å². The van der Waals surface area contributed by atoms with Gasteiger partial charge in [0.05, 0.1) is 18.9 Å². The van der Waals surface area contributed by atoms with Crippen LogP contribution in [0.4, 0.5) is 0 Å². The summed E-state index contributed by atoms with van der Waals surface area (Å²) in [5.74, 6) is 3.55. The van der Waals surface area contributed by atoms with Crippen LogP contribution in [-0.4, -0.2) is 46.6 Å². The molecular formula is C18H24N4O3. The van der Waals surface area contributed by atoms with Gasteiger partial charge in [0.25, 0.3) is 0 Å². The molecule has 7 heteroatoms. The minimum Gasteiger partial charge on any atom is -0.425 e. The lowest BCUT2D eigenvalue weighted by molar-refractivity contribution is 0.122. The summed E-state index contributed by atoms with van der Waals surface area (Å²) < 4.78 is 17.1. The van der Waals surface area contributed by atoms with E-state index in [1.807, 2.05) is 13.8 Å². The van der Waals surface area contributed by atoms with Crippen LogP contribution in [0, 0.1) is 25.2 Å². The van der Waals surface area contributed by atoms with Crippen molar-refractivity contribution in [2.45, 2.75) is 45.6 Å². The molecule has 7 nitrogen and oxygen atoms in total. The van der Waals surface area contributed by atoms with Crippen molar-refractivity contribution < 1.29 is 13.7 Å². The zero-order chi connectivity index (χ0) is 17.0. The van der Waals surface area contributed by atoms with E-state index in [-0.39, 0.29) is 5.41 Å². The summed E-state index contributed by atoms with van der Waals surface area (Å²) in [5.41, 5.74) is 2.29. The highest BCUT2D eigenvalue weighted by Gasteiger charge is 2.51. The summed E-state index contributed by atoms with van der Waals surface area (Å²) in [6.07, 6.45) is 3.18. The third-order valence-corrected chi connectivity index (χ3v) is 6.07. The highest BCUT2D eigenvalue weighted by Crippen LogP contribution is 2.45. The van der Waals surface area contributed by atoms with E-state index in [1.54, 1.807) is 0 Å². The molecule has 2 atom stereocenters. The molecule has 1 saturated carbocycles. The molecule has 0 unspecified atom stereocenters. The van der Waals surface area contributed by atoms with Gasteiger partial charge >= 0.3 is 0 Å². The molecule has 134 valence electrons. The van der Waals surface area contributed by atoms with Gasteiger partial charge in [-0.15, -0.1) is 10.2 Å². The summed E-state index contributed by atoms with van der Waals surface area (Å²) in [4.78, 5) is 2.50. The van der Waals surface area contributed by atoms with Gasteiger partial charge < -0.3 is 13.7 Å². The minimum atomic E-state index is 0.0896. The van der Waals surface area contributed by atoms with Crippen molar-refractivity contribution in [3.8, 4) is 0 Å². The lowest BCUT2D eigenvalue weighted by Crippen LogP contribution is -2.33. The number of aryl methyl sites for hydroxylation is 2. The molecule has 2 aromatic heterocycles. The van der Waals surface area contributed by atoms with Crippen molar-refractivity contribution in [3.05, 3.63) is 28.8 Å². The molecule has 25 heavy (non-hydrogen) atoms. The number of hydrogen-bond donors (Lipinski definition) is 0. The Morgan fingerprint density at radius 3 is 2.88 bits per heavy atom. The van der Waals surface area contributed by atoms with E-state index in [0.29, 0.717) is 11.8 Å². The molecule has 1 aliphatic carbocycles. The molecule has 5 rings (SSSR count). The average Bonchev–Trinajstić information content (AvgIpc) is 2.90. The van der Waals surface area contributed by atoms with Gasteiger partial charge in [0.2, 0.25) is 11.8 Å². The van der Waals surface area contributed by atoms with Gasteiger partial charge in [-0.05, 0) is 26.7 Å². The van der Waals surface area contributed by atoms with E-state index in [2.05, 4.69) is 20.3 Å². The van der Waals surface area contributed by atoms with Crippen LogP contribution < -0.4 is 0 Å². The second kappa shape index (κ2) is 5.64. The van der Waals surface area contributed by atoms with Crippen LogP contribution in [0.3, 0.4) is 0 Å². The third kappa shape index (κ3) is 2.69. The molecule has 2 saturated heterocycles. The highest BCUT2D eigenvalue weighted by molar-refractivity contribution is 5.21. The first-order chi connectivity index (χ1) is 12.1. The molecule has 0 N–H and O–H groups in total. The topological polar surface area (TPSA) is 77.4 Å². The predicted octanol–water partition coefficient (Wildman–Crippen LogP) is 2.24. The van der Waals surface area contributed by atoms with E-state index in [4.69, 9.17) is 13.7 Å². The first kappa shape index (κ1) is 15.5. The van der Waals surface area contributed by atoms with Crippen molar-refractivity contribution in [3.63, 3.8) is 0 Å². The van der Waals surface area contributed by atoms with Crippen molar-refractivity contribution in [2.24, 2.45) is 11.3 Å². The summed E-state index contributed by atoms with van der Waals surface area (Å²) in [7, 11) is 0. The zero-order valence-electron chi connectivity index (χ0n) is 14.8. The van der Waals surface area contributed by atoms with Gasteiger partial charge in [0.1, 0.15) is 5.76 Å². The fraction of sp³-hybridized carbons (Fsp3) is 0.722. The van der Waals surface area contributed by atoms with Crippen LogP contribution in [0.25, 0.3) is 0 Å². The Morgan fingerprint density at radius 1 is 1.24 bits per heavy atom. The SMILES string of the molecule is Cc1noc(C)c1CN1C[C@@H]2COC[C@]2(Cc2nnc(C3CC3)o2)C1. The number of rotatable bonds is 5. The van der Waals surface area contributed by atoms with E-state index < -0.39 is 0 Å². The Hall–Kier alpha value is -1.73. The largest absolute Gasteiger partial charge is 0.425 e. The highest BCUT2D eigenvalue weighted by atomic mass is 16.5. The van der Waals surface area contributed by atoms with Crippen LogP contribution in [-0.2, 0) is 17.7 Å². The molecule has 3 fully saturated rings. The van der Waals surface area contributed by atoms with E-state index in [9.17, 15) is 0 Å². The van der Waals surface area contributed by atoms with Gasteiger partial charge in [-0.3, -0.25) is 4.90 Å². The second-order valence-corrected chi connectivity index (χ2v) is 8.03. The van der Waals surface area contributed by atoms with Crippen molar-refractivity contribution in [1.82, 2.24) is 20.3 Å². The number of hydrogen-bond acceptors (Lipinski definition) is 7. The Labute approximate surface area is 146 Å². The van der Waals surface area contributed by atoms with Gasteiger partial charge in [0, 0.05) is 48.9 Å². The Kier molecular flexibility index (Phi) is 3.50. The monoisotopic (exact) mass is 344 g/mol. The first-order valence-corrected chi connectivity index (χ1v) is 9.17. The van der Waals surface area contributed by atoms with E-state index in [0.717, 1.165) is 62.5 Å². The molecule has 0 amide bonds. The molecule has 3 aliphatic rings. The number of nitrogens with zero attached hydrogens (tertiary/aromatic N) is 4. The Balaban J connectivity index is 1.33. The molecule has 0 bridgehead atoms. The summed E-state index contributed by atoms with van der Waals surface area (Å²) in [5, 5.41) is 12.6. The van der Waals surface area contributed by atoms with Crippen LogP contribution in [0.2, 0.25) is 0 Å². The van der Waals surface area contributed by atoms with Gasteiger partial charge in [-0.2, -0.15) is 0 Å². The van der Waals surface area contributed by atoms with Crippen molar-refractivity contribution in [2.75, 3.05) is 26.3 Å². The normalized spacial score (nSPS) is 29.4. The smallest absolute Gasteiger partial charge is 0.219 e. The maximum absolute atomic E-state index is 5.93. The summed E-state index contributed by atoms with van der Waals surface area (Å²) in [6, 6.07) is 0. The third-order valence-electron chi connectivity index (χ3n) is 6.07. The second-order valence-electron chi connectivity index (χ2n) is 8.03. The molecule has 0 radical (unpaired) electrons.